The second kappa shape index (κ2) is 17.0. The number of piperidine rings is 1. The van der Waals surface area contributed by atoms with Crippen LogP contribution in [-0.4, -0.2) is 151 Å². The lowest BCUT2D eigenvalue weighted by atomic mass is 9.82. The largest absolute Gasteiger partial charge is 0.374 e. The number of imide groups is 1. The van der Waals surface area contributed by atoms with E-state index in [1.165, 1.54) is 10.7 Å². The van der Waals surface area contributed by atoms with Crippen LogP contribution in [0.2, 0.25) is 0 Å². The molecule has 19 nitrogen and oxygen atoms in total. The van der Waals surface area contributed by atoms with Gasteiger partial charge in [-0.05, 0) is 75.0 Å². The summed E-state index contributed by atoms with van der Waals surface area (Å²) < 4.78 is 47.3. The fourth-order valence-electron chi connectivity index (χ4n) is 12.5. The summed E-state index contributed by atoms with van der Waals surface area (Å²) in [6, 6.07) is 7.23. The van der Waals surface area contributed by atoms with Crippen LogP contribution in [0.1, 0.15) is 85.9 Å². The maximum atomic E-state index is 14.4. The molecule has 12 rings (SSSR count). The van der Waals surface area contributed by atoms with E-state index in [1.807, 2.05) is 24.3 Å². The van der Waals surface area contributed by atoms with Crippen molar-refractivity contribution in [3.63, 3.8) is 0 Å². The third kappa shape index (κ3) is 7.74. The van der Waals surface area contributed by atoms with Crippen LogP contribution in [0.5, 0.6) is 0 Å². The van der Waals surface area contributed by atoms with Crippen molar-refractivity contribution in [3.05, 3.63) is 64.6 Å². The number of benzene rings is 1. The van der Waals surface area contributed by atoms with E-state index >= 15 is 0 Å². The molecule has 68 heavy (non-hydrogen) atoms. The third-order valence-corrected chi connectivity index (χ3v) is 15.9. The van der Waals surface area contributed by atoms with Gasteiger partial charge >= 0.3 is 5.69 Å². The summed E-state index contributed by atoms with van der Waals surface area (Å²) in [5.74, 6) is 0.397. The molecule has 2 bridgehead atoms. The zero-order valence-corrected chi connectivity index (χ0v) is 38.1. The Hall–Kier alpha value is -5.77. The summed E-state index contributed by atoms with van der Waals surface area (Å²) in [6.07, 6.45) is 8.13. The Kier molecular flexibility index (Phi) is 10.9. The van der Waals surface area contributed by atoms with E-state index in [-0.39, 0.29) is 53.1 Å². The number of hydrogen-bond acceptors (Lipinski definition) is 13. The van der Waals surface area contributed by atoms with Gasteiger partial charge in [0.05, 0.1) is 65.6 Å². The Balaban J connectivity index is 0.607. The van der Waals surface area contributed by atoms with Gasteiger partial charge < -0.3 is 24.6 Å². The van der Waals surface area contributed by atoms with Gasteiger partial charge in [0.15, 0.2) is 11.3 Å². The molecule has 7 aliphatic rings. The molecule has 5 aromatic rings. The van der Waals surface area contributed by atoms with Gasteiger partial charge in [-0.15, -0.1) is 0 Å². The first-order chi connectivity index (χ1) is 33.0. The molecule has 1 saturated carbocycles. The van der Waals surface area contributed by atoms with Gasteiger partial charge in [-0.2, -0.15) is 10.2 Å². The summed E-state index contributed by atoms with van der Waals surface area (Å²) in [4.78, 5) is 65.9. The van der Waals surface area contributed by atoms with E-state index in [0.29, 0.717) is 36.0 Å². The number of amides is 3. The van der Waals surface area contributed by atoms with Crippen LogP contribution in [0.3, 0.4) is 0 Å². The summed E-state index contributed by atoms with van der Waals surface area (Å²) in [5, 5.41) is 13.7. The number of ether oxygens (including phenoxy) is 2. The van der Waals surface area contributed by atoms with E-state index < -0.39 is 30.0 Å². The molecule has 1 aromatic carbocycles. The number of alkyl halides is 2. The van der Waals surface area contributed by atoms with E-state index in [4.69, 9.17) is 14.5 Å². The lowest BCUT2D eigenvalue weighted by molar-refractivity contribution is -0.135. The minimum absolute atomic E-state index is 0.00284. The van der Waals surface area contributed by atoms with Gasteiger partial charge in [-0.1, -0.05) is 6.07 Å². The molecule has 1 spiro atoms. The number of rotatable bonds is 11. The smallest absolute Gasteiger partial charge is 0.329 e. The maximum absolute atomic E-state index is 14.4. The highest BCUT2D eigenvalue weighted by Gasteiger charge is 2.50. The second-order valence-corrected chi connectivity index (χ2v) is 20.3. The predicted octanol–water partition coefficient (Wildman–Crippen LogP) is 3.37. The number of nitrogens with zero attached hydrogens (tertiary/aromatic N) is 11. The SMILES string of the molecule is Cn1c(=O)n(C2CCC(=O)NC2=O)c2cccc(N3CCN(CC4COC5(C4)CN(CC4CCC(n6cc(NC(=O)c7cnn8ccc(N9C[C@H]%10C[C@@H]9CO%10)nc78)c(C(F)F)n6)CC4)C5)CC3)c21. The number of anilines is 3. The number of morpholine rings is 1. The Morgan fingerprint density at radius 1 is 0.971 bits per heavy atom. The number of piperazine rings is 1. The van der Waals surface area contributed by atoms with Crippen LogP contribution in [0.25, 0.3) is 16.7 Å². The van der Waals surface area contributed by atoms with Crippen molar-refractivity contribution in [3.8, 4) is 0 Å². The van der Waals surface area contributed by atoms with Gasteiger partial charge in [0.2, 0.25) is 11.8 Å². The molecule has 4 atom stereocenters. The van der Waals surface area contributed by atoms with Crippen molar-refractivity contribution >= 4 is 51.6 Å². The highest BCUT2D eigenvalue weighted by atomic mass is 19.3. The van der Waals surface area contributed by atoms with Crippen LogP contribution in [-0.2, 0) is 26.1 Å². The number of aromatic nitrogens is 7. The lowest BCUT2D eigenvalue weighted by Gasteiger charge is -2.49. The molecule has 7 fully saturated rings. The number of carbonyl (C=O) groups is 3. The third-order valence-electron chi connectivity index (χ3n) is 15.9. The van der Waals surface area contributed by atoms with E-state index in [2.05, 4.69) is 40.4 Å². The molecule has 4 aromatic heterocycles. The molecule has 2 unspecified atom stereocenters. The van der Waals surface area contributed by atoms with Crippen molar-refractivity contribution in [2.45, 2.75) is 87.6 Å². The zero-order chi connectivity index (χ0) is 46.4. The van der Waals surface area contributed by atoms with Gasteiger partial charge in [0.1, 0.15) is 17.4 Å². The van der Waals surface area contributed by atoms with Crippen LogP contribution in [0.4, 0.5) is 26.0 Å². The Morgan fingerprint density at radius 3 is 2.53 bits per heavy atom. The number of likely N-dealkylation sites (tertiary alicyclic amines) is 1. The van der Waals surface area contributed by atoms with E-state index in [9.17, 15) is 28.0 Å². The first-order valence-electron chi connectivity index (χ1n) is 24.2. The van der Waals surface area contributed by atoms with E-state index in [0.717, 1.165) is 121 Å². The molecule has 21 heteroatoms. The van der Waals surface area contributed by atoms with Gasteiger partial charge in [-0.3, -0.25) is 43.3 Å². The molecule has 360 valence electrons. The van der Waals surface area contributed by atoms with Crippen LogP contribution < -0.4 is 26.1 Å². The summed E-state index contributed by atoms with van der Waals surface area (Å²) in [6.45, 7) is 9.39. The number of halogens is 2. The minimum atomic E-state index is -2.86. The molecular formula is C47H57F2N13O6. The normalized spacial score (nSPS) is 27.6. The fraction of sp³-hybridized carbons (Fsp3) is 0.596. The number of aryl methyl sites for hydroxylation is 1. The molecule has 2 N–H and O–H groups in total. The number of para-hydroxylation sites is 1. The first-order valence-corrected chi connectivity index (χ1v) is 24.2. The highest BCUT2D eigenvalue weighted by molar-refractivity contribution is 6.08. The zero-order valence-electron chi connectivity index (χ0n) is 38.1. The maximum Gasteiger partial charge on any atom is 0.329 e. The molecule has 1 aliphatic carbocycles. The predicted molar refractivity (Wildman–Crippen MR) is 245 cm³/mol. The Bertz CT molecular complexity index is 2840. The second-order valence-electron chi connectivity index (χ2n) is 20.3. The number of fused-ring (bicyclic) bond motifs is 4. The Labute approximate surface area is 390 Å². The van der Waals surface area contributed by atoms with E-state index in [1.54, 1.807) is 33.3 Å². The molecule has 10 heterocycles. The number of carbonyl (C=O) groups excluding carboxylic acids is 3. The molecule has 6 saturated heterocycles. The number of nitrogens with one attached hydrogen (secondary N) is 2. The average molecular weight is 938 g/mol. The molecule has 3 amide bonds. The van der Waals surface area contributed by atoms with Crippen molar-refractivity contribution in [2.24, 2.45) is 18.9 Å². The average Bonchev–Trinajstić information content (AvgIpc) is 4.20. The fourth-order valence-corrected chi connectivity index (χ4v) is 12.5. The number of imidazole rings is 1. The standard InChI is InChI=1S/C47H57F2N13O6/c1-55-41-35(3-2-4-36(41)62(46(55)66)37-9-10-39(63)53-45(37)65)58-15-13-56(14-16-58)21-29-18-47(68-24-29)26-57(27-47)20-28-5-7-30(8-6-28)61-23-34(40(54-61)42(48)49)51-44(64)33-19-50-60-12-11-38(52-43(33)60)59-22-32-17-31(59)25-67-32/h2-4,11-12,19,23,28-32,37,42H,5-10,13-18,20-22,24-27H2,1H3,(H,51,64)(H,53,63,65)/t28?,29?,30?,31-,32-,37?/m1/s1. The van der Waals surface area contributed by atoms with Crippen molar-refractivity contribution in [1.29, 1.82) is 0 Å². The molecule has 0 radical (unpaired) electrons. The lowest BCUT2D eigenvalue weighted by Crippen LogP contribution is -2.62. The monoisotopic (exact) mass is 937 g/mol. The molecule has 6 aliphatic heterocycles. The molecular weight excluding hydrogens is 881 g/mol. The number of hydrogen-bond donors (Lipinski definition) is 2. The van der Waals surface area contributed by atoms with Crippen LogP contribution in [0, 0.1) is 11.8 Å². The topological polar surface area (TPSA) is 182 Å². The van der Waals surface area contributed by atoms with Crippen LogP contribution in [0.15, 0.2) is 47.7 Å². The summed E-state index contributed by atoms with van der Waals surface area (Å²) in [5.41, 5.74) is 2.25. The van der Waals surface area contributed by atoms with Gasteiger partial charge in [0.25, 0.3) is 12.3 Å². The minimum Gasteiger partial charge on any atom is -0.374 e. The van der Waals surface area contributed by atoms with Crippen molar-refractivity contribution in [2.75, 3.05) is 87.2 Å². The Morgan fingerprint density at radius 2 is 1.78 bits per heavy atom. The van der Waals surface area contributed by atoms with Crippen molar-refractivity contribution in [1.82, 2.24) is 48.6 Å². The van der Waals surface area contributed by atoms with Gasteiger partial charge in [-0.25, -0.2) is 23.1 Å². The van der Waals surface area contributed by atoms with Gasteiger partial charge in [0, 0.05) is 84.8 Å². The summed E-state index contributed by atoms with van der Waals surface area (Å²) >= 11 is 0. The van der Waals surface area contributed by atoms with Crippen molar-refractivity contribution < 1.29 is 32.6 Å². The highest BCUT2D eigenvalue weighted by Crippen LogP contribution is 2.42. The van der Waals surface area contributed by atoms with Crippen LogP contribution >= 0.6 is 0 Å². The first kappa shape index (κ1) is 43.5. The summed E-state index contributed by atoms with van der Waals surface area (Å²) in [7, 11) is 1.75. The quantitative estimate of drug-likeness (QED) is 0.184.